The van der Waals surface area contributed by atoms with Crippen LogP contribution in [0, 0.1) is 5.92 Å². The molecule has 0 bridgehead atoms. The van der Waals surface area contributed by atoms with Gasteiger partial charge in [0.15, 0.2) is 0 Å². The fourth-order valence-electron chi connectivity index (χ4n) is 5.65. The molecule has 0 spiro atoms. The first-order chi connectivity index (χ1) is 20.7. The summed E-state index contributed by atoms with van der Waals surface area (Å²) in [6.07, 6.45) is 0. The van der Waals surface area contributed by atoms with Gasteiger partial charge < -0.3 is 14.4 Å². The number of amides is 2. The van der Waals surface area contributed by atoms with Gasteiger partial charge in [-0.1, -0.05) is 35.2 Å². The van der Waals surface area contributed by atoms with Gasteiger partial charge in [-0.2, -0.15) is 0 Å². The van der Waals surface area contributed by atoms with Gasteiger partial charge in [0.2, 0.25) is 11.8 Å². The molecule has 1 fully saturated rings. The highest BCUT2D eigenvalue weighted by Crippen LogP contribution is 2.54. The highest BCUT2D eigenvalue weighted by atomic mass is 32.2. The van der Waals surface area contributed by atoms with Crippen molar-refractivity contribution in [3.05, 3.63) is 74.2 Å². The van der Waals surface area contributed by atoms with Crippen LogP contribution < -0.4 is 14.7 Å². The van der Waals surface area contributed by atoms with Crippen LogP contribution in [-0.2, 0) is 30.4 Å². The van der Waals surface area contributed by atoms with Crippen molar-refractivity contribution in [1.82, 2.24) is 4.57 Å². The van der Waals surface area contributed by atoms with Crippen LogP contribution in [-0.4, -0.2) is 59.9 Å². The molecule has 10 nitrogen and oxygen atoms in total. The van der Waals surface area contributed by atoms with Gasteiger partial charge in [-0.05, 0) is 69.7 Å². The maximum atomic E-state index is 14.1. The van der Waals surface area contributed by atoms with Gasteiger partial charge >= 0.3 is 16.8 Å². The van der Waals surface area contributed by atoms with E-state index in [9.17, 15) is 24.0 Å². The fraction of sp³-hybridized carbons (Fsp3) is 0.387. The Bertz CT molecular complexity index is 1590. The van der Waals surface area contributed by atoms with Crippen molar-refractivity contribution in [2.75, 3.05) is 36.1 Å². The number of hydrogen-bond acceptors (Lipinski definition) is 10. The third-order valence-electron chi connectivity index (χ3n) is 7.66. The average molecular weight is 624 g/mol. The van der Waals surface area contributed by atoms with E-state index in [-0.39, 0.29) is 30.5 Å². The van der Waals surface area contributed by atoms with Crippen LogP contribution in [0.1, 0.15) is 54.4 Å². The third-order valence-corrected chi connectivity index (χ3v) is 10.3. The van der Waals surface area contributed by atoms with E-state index in [4.69, 9.17) is 9.47 Å². The lowest BCUT2D eigenvalue weighted by atomic mass is 9.83. The number of rotatable bonds is 10. The first kappa shape index (κ1) is 30.6. The van der Waals surface area contributed by atoms with Crippen molar-refractivity contribution >= 4 is 58.2 Å². The topological polar surface area (TPSA) is 115 Å². The second-order valence-corrected chi connectivity index (χ2v) is 12.1. The van der Waals surface area contributed by atoms with Crippen LogP contribution in [0.2, 0.25) is 0 Å². The number of carbonyl (C=O) groups excluding carboxylic acids is 4. The van der Waals surface area contributed by atoms with E-state index in [2.05, 4.69) is 18.7 Å². The molecule has 2 aromatic carbocycles. The van der Waals surface area contributed by atoms with E-state index >= 15 is 0 Å². The zero-order valence-corrected chi connectivity index (χ0v) is 26.0. The Morgan fingerprint density at radius 1 is 0.860 bits per heavy atom. The molecule has 1 saturated heterocycles. The van der Waals surface area contributed by atoms with Crippen LogP contribution in [0.5, 0.6) is 0 Å². The Hall–Kier alpha value is -3.90. The van der Waals surface area contributed by atoms with Crippen LogP contribution in [0.25, 0.3) is 0 Å². The summed E-state index contributed by atoms with van der Waals surface area (Å²) in [4.78, 5) is 69.5. The molecule has 226 valence electrons. The lowest BCUT2D eigenvalue weighted by molar-refractivity contribution is -0.144. The Balaban J connectivity index is 1.58. The highest BCUT2D eigenvalue weighted by Gasteiger charge is 2.56. The van der Waals surface area contributed by atoms with Crippen LogP contribution in [0.3, 0.4) is 0 Å². The van der Waals surface area contributed by atoms with E-state index in [1.54, 1.807) is 26.0 Å². The van der Waals surface area contributed by atoms with Crippen molar-refractivity contribution in [1.29, 1.82) is 0 Å². The number of aromatic nitrogens is 1. The largest absolute Gasteiger partial charge is 0.465 e. The maximum Gasteiger partial charge on any atom is 0.338 e. The van der Waals surface area contributed by atoms with Crippen molar-refractivity contribution in [2.45, 2.75) is 50.4 Å². The number of ether oxygens (including phenoxy) is 2. The van der Waals surface area contributed by atoms with Gasteiger partial charge in [0, 0.05) is 29.6 Å². The summed E-state index contributed by atoms with van der Waals surface area (Å²) in [7, 11) is 0. The number of thioether (sulfide) groups is 1. The van der Waals surface area contributed by atoms with E-state index < -0.39 is 34.9 Å². The minimum Gasteiger partial charge on any atom is -0.465 e. The summed E-state index contributed by atoms with van der Waals surface area (Å²) in [5.74, 6) is -3.19. The fourth-order valence-corrected chi connectivity index (χ4v) is 8.42. The molecule has 2 aliphatic rings. The lowest BCUT2D eigenvalue weighted by Gasteiger charge is -2.31. The monoisotopic (exact) mass is 623 g/mol. The Morgan fingerprint density at radius 2 is 1.51 bits per heavy atom. The zero-order chi connectivity index (χ0) is 30.8. The molecule has 0 N–H and O–H groups in total. The average Bonchev–Trinajstić information content (AvgIpc) is 3.44. The number of fused-ring (bicyclic) bond motifs is 2. The van der Waals surface area contributed by atoms with Crippen molar-refractivity contribution in [3.8, 4) is 0 Å². The lowest BCUT2D eigenvalue weighted by Crippen LogP contribution is -2.32. The van der Waals surface area contributed by atoms with Crippen LogP contribution in [0.4, 0.5) is 11.4 Å². The highest BCUT2D eigenvalue weighted by molar-refractivity contribution is 8.00. The molecule has 1 aromatic heterocycles. The number of esters is 2. The van der Waals surface area contributed by atoms with Crippen molar-refractivity contribution in [3.63, 3.8) is 0 Å². The molecular formula is C31H33N3O7S2. The second-order valence-electron chi connectivity index (χ2n) is 10.0. The molecular weight excluding hydrogens is 590 g/mol. The molecule has 0 radical (unpaired) electrons. The molecule has 2 aliphatic heterocycles. The molecule has 0 aliphatic carbocycles. The summed E-state index contributed by atoms with van der Waals surface area (Å²) >= 11 is 2.14. The van der Waals surface area contributed by atoms with E-state index in [1.807, 2.05) is 24.3 Å². The quantitative estimate of drug-likeness (QED) is 0.241. The normalized spacial score (nSPS) is 19.2. The Kier molecular flexibility index (Phi) is 9.07. The zero-order valence-electron chi connectivity index (χ0n) is 24.4. The number of imide groups is 1. The molecule has 12 heteroatoms. The van der Waals surface area contributed by atoms with Gasteiger partial charge in [0.05, 0.1) is 35.4 Å². The van der Waals surface area contributed by atoms with Gasteiger partial charge in [-0.25, -0.2) is 9.69 Å². The summed E-state index contributed by atoms with van der Waals surface area (Å²) in [5, 5.41) is -0.317. The number of benzene rings is 2. The van der Waals surface area contributed by atoms with E-state index in [0.717, 1.165) is 47.4 Å². The SMILES string of the molecule is CCOC(=O)Cn1c2c(sc1=O)[C@H](c1ccc(N(CC)CC)cc1)C1C(=O)N(c3ccc(C(=O)OCC)cc3)C(=O)C1S2. The van der Waals surface area contributed by atoms with E-state index in [1.165, 1.54) is 21.6 Å². The number of thiazole rings is 1. The number of nitrogens with zero attached hydrogens (tertiary/aromatic N) is 3. The Morgan fingerprint density at radius 3 is 2.12 bits per heavy atom. The molecule has 3 aromatic rings. The van der Waals surface area contributed by atoms with Crippen molar-refractivity contribution in [2.24, 2.45) is 5.92 Å². The standard InChI is InChI=1S/C31H33N3O7S2/c1-5-32(6-2)20-13-9-18(10-14-20)23-24-25(42-29-26(23)43-31(39)33(29)17-22(35)40-7-3)28(37)34(27(24)36)21-15-11-19(12-16-21)30(38)41-8-4/h9-16,23-25H,5-8,17H2,1-4H3/t23-,24?,25?/m1/s1. The second kappa shape index (κ2) is 12.8. The summed E-state index contributed by atoms with van der Waals surface area (Å²) in [5.41, 5.74) is 2.49. The van der Waals surface area contributed by atoms with Crippen LogP contribution >= 0.6 is 23.1 Å². The summed E-state index contributed by atoms with van der Waals surface area (Å²) < 4.78 is 11.5. The molecule has 43 heavy (non-hydrogen) atoms. The number of carbonyl (C=O) groups is 4. The van der Waals surface area contributed by atoms with Gasteiger partial charge in [-0.15, -0.1) is 0 Å². The first-order valence-electron chi connectivity index (χ1n) is 14.3. The molecule has 5 rings (SSSR count). The van der Waals surface area contributed by atoms with E-state index in [0.29, 0.717) is 21.2 Å². The third kappa shape index (κ3) is 5.61. The number of anilines is 2. The first-order valence-corrected chi connectivity index (χ1v) is 16.0. The van der Waals surface area contributed by atoms with Gasteiger partial charge in [0.25, 0.3) is 0 Å². The molecule has 2 unspecified atom stereocenters. The molecule has 3 heterocycles. The summed E-state index contributed by atoms with van der Waals surface area (Å²) in [6.45, 7) is 9.35. The molecule has 0 saturated carbocycles. The van der Waals surface area contributed by atoms with Gasteiger partial charge in [0.1, 0.15) is 11.8 Å². The van der Waals surface area contributed by atoms with Gasteiger partial charge in [-0.3, -0.25) is 23.7 Å². The molecule has 2 amide bonds. The predicted molar refractivity (Wildman–Crippen MR) is 165 cm³/mol. The summed E-state index contributed by atoms with van der Waals surface area (Å²) in [6, 6.07) is 14.1. The minimum atomic E-state index is -0.820. The maximum absolute atomic E-state index is 14.1. The minimum absolute atomic E-state index is 0.177. The molecule has 3 atom stereocenters. The predicted octanol–water partition coefficient (Wildman–Crippen LogP) is 4.29. The Labute approximate surface area is 257 Å². The van der Waals surface area contributed by atoms with Crippen molar-refractivity contribution < 1.29 is 28.7 Å². The van der Waals surface area contributed by atoms with Crippen LogP contribution in [0.15, 0.2) is 58.4 Å². The smallest absolute Gasteiger partial charge is 0.338 e. The number of hydrogen-bond donors (Lipinski definition) is 0.